The minimum atomic E-state index is 0. The Hall–Kier alpha value is 1.54. The predicted octanol–water partition coefficient (Wildman–Crippen LogP) is 0.722. The monoisotopic (exact) mass is 378 g/mol. The van der Waals surface area contributed by atoms with Crippen molar-refractivity contribution in [1.82, 2.24) is 0 Å². The van der Waals surface area contributed by atoms with E-state index in [-0.39, 0.29) is 80.8 Å². The van der Waals surface area contributed by atoms with E-state index in [0.717, 1.165) is 0 Å². The van der Waals surface area contributed by atoms with E-state index >= 15 is 0 Å². The SMILES string of the molecule is [C-]#C/C=C\C#[C-].[Sm].[Sm]. The van der Waals surface area contributed by atoms with Crippen LogP contribution < -0.4 is 0 Å². The van der Waals surface area contributed by atoms with Gasteiger partial charge in [0.25, 0.3) is 0 Å². The van der Waals surface area contributed by atoms with Crippen LogP contribution in [0.25, 0.3) is 0 Å². The molecule has 0 N–H and O–H groups in total. The Balaban J connectivity index is -0.000000125. The molecule has 8 heavy (non-hydrogen) atoms. The van der Waals surface area contributed by atoms with E-state index in [1.807, 2.05) is 11.8 Å². The summed E-state index contributed by atoms with van der Waals surface area (Å²) in [5.41, 5.74) is 0. The van der Waals surface area contributed by atoms with Crippen molar-refractivity contribution in [2.75, 3.05) is 0 Å². The average molecular weight is 375 g/mol. The zero-order valence-corrected chi connectivity index (χ0v) is 9.21. The second-order valence-corrected chi connectivity index (χ2v) is 0.622. The molecule has 0 aromatic heterocycles. The molecule has 0 aromatic rings. The minimum Gasteiger partial charge on any atom is -0.368 e. The molecule has 0 heterocycles. The van der Waals surface area contributed by atoms with Gasteiger partial charge in [-0.2, -0.15) is 0 Å². The predicted molar refractivity (Wildman–Crippen MR) is 23.4 cm³/mol. The molecule has 0 aliphatic heterocycles. The topological polar surface area (TPSA) is 0 Å². The Kier molecular flexibility index (Phi) is 32.2. The smallest absolute Gasteiger partial charge is 0 e. The summed E-state index contributed by atoms with van der Waals surface area (Å²) in [6.45, 7) is 0. The van der Waals surface area contributed by atoms with Gasteiger partial charge in [0.2, 0.25) is 0 Å². The van der Waals surface area contributed by atoms with Gasteiger partial charge in [-0.3, -0.25) is 0 Å². The van der Waals surface area contributed by atoms with Crippen molar-refractivity contribution in [3.05, 3.63) is 25.0 Å². The molecule has 0 aliphatic carbocycles. The van der Waals surface area contributed by atoms with Crippen LogP contribution in [0.3, 0.4) is 0 Å². The third-order valence-corrected chi connectivity index (χ3v) is 0.250. The summed E-state index contributed by atoms with van der Waals surface area (Å²) in [6, 6.07) is 0. The Bertz CT molecular complexity index is 106. The molecule has 0 fully saturated rings. The van der Waals surface area contributed by atoms with E-state index in [1.165, 1.54) is 12.2 Å². The number of hydrogen-bond donors (Lipinski definition) is 0. The first kappa shape index (κ1) is 16.3. The molecule has 0 amide bonds. The Morgan fingerprint density at radius 1 is 0.875 bits per heavy atom. The first-order chi connectivity index (χ1) is 2.91. The molecule has 0 saturated heterocycles. The molecule has 0 aromatic carbocycles. The fourth-order valence-corrected chi connectivity index (χ4v) is 0.0833. The van der Waals surface area contributed by atoms with Crippen molar-refractivity contribution in [1.29, 1.82) is 0 Å². The van der Waals surface area contributed by atoms with E-state index in [1.54, 1.807) is 0 Å². The molecule has 0 bridgehead atoms. The molecule has 40 valence electrons. The molecule has 0 nitrogen and oxygen atoms in total. The summed E-state index contributed by atoms with van der Waals surface area (Å²) in [6.07, 6.45) is 15.1. The third-order valence-electron chi connectivity index (χ3n) is 0.250. The van der Waals surface area contributed by atoms with E-state index in [9.17, 15) is 0 Å². The fourth-order valence-electron chi connectivity index (χ4n) is 0.0833. The van der Waals surface area contributed by atoms with Crippen molar-refractivity contribution in [3.8, 4) is 11.8 Å². The molecule has 0 saturated carbocycles. The molecule has 0 unspecified atom stereocenters. The molecule has 0 aliphatic rings. The molecule has 0 radical (unpaired) electrons. The van der Waals surface area contributed by atoms with Gasteiger partial charge in [-0.1, -0.05) is 0 Å². The third kappa shape index (κ3) is 15.6. The summed E-state index contributed by atoms with van der Waals surface area (Å²) in [5, 5.41) is 0. The normalized spacial score (nSPS) is 5.25. The molecular formula is C6H2Sm2-2. The van der Waals surface area contributed by atoms with Gasteiger partial charge < -0.3 is 24.7 Å². The van der Waals surface area contributed by atoms with E-state index < -0.39 is 0 Å². The van der Waals surface area contributed by atoms with Crippen LogP contribution in [0.1, 0.15) is 0 Å². The standard InChI is InChI=1S/C6H2.2Sm/c1-3-5-6-4-2;;/h5-6H;;/q-2;;/b6-5-;;. The van der Waals surface area contributed by atoms with Crippen molar-refractivity contribution in [2.24, 2.45) is 0 Å². The maximum absolute atomic E-state index is 6.25. The second kappa shape index (κ2) is 15.8. The van der Waals surface area contributed by atoms with Crippen molar-refractivity contribution in [2.45, 2.75) is 0 Å². The van der Waals surface area contributed by atoms with Crippen molar-refractivity contribution in [3.63, 3.8) is 0 Å². The maximum Gasteiger partial charge on any atom is 0 e. The van der Waals surface area contributed by atoms with Crippen LogP contribution in [0, 0.1) is 105 Å². The molecular weight excluding hydrogens is 373 g/mol. The van der Waals surface area contributed by atoms with Gasteiger partial charge in [-0.25, -0.2) is 12.2 Å². The molecule has 0 spiro atoms. The summed E-state index contributed by atoms with van der Waals surface area (Å²) in [7, 11) is 0. The molecule has 0 rings (SSSR count). The summed E-state index contributed by atoms with van der Waals surface area (Å²) >= 11 is 0. The first-order valence-electron chi connectivity index (χ1n) is 1.41. The zero-order valence-electron chi connectivity index (χ0n) is 3.97. The van der Waals surface area contributed by atoms with E-state index in [2.05, 4.69) is 0 Å². The molecule has 0 atom stereocenters. The van der Waals surface area contributed by atoms with Crippen LogP contribution in [-0.4, -0.2) is 0 Å². The number of rotatable bonds is 0. The Labute approximate surface area is 115 Å². The summed E-state index contributed by atoms with van der Waals surface area (Å²) < 4.78 is 0. The van der Waals surface area contributed by atoms with E-state index in [0.29, 0.717) is 0 Å². The van der Waals surface area contributed by atoms with Crippen LogP contribution in [0.5, 0.6) is 0 Å². The number of hydrogen-bond acceptors (Lipinski definition) is 0. The Morgan fingerprint density at radius 2 is 1.12 bits per heavy atom. The average Bonchev–Trinajstić information content (AvgIpc) is 1.61. The summed E-state index contributed by atoms with van der Waals surface area (Å²) in [5.74, 6) is 3.91. The van der Waals surface area contributed by atoms with E-state index in [4.69, 9.17) is 12.8 Å². The van der Waals surface area contributed by atoms with Crippen LogP contribution in [0.4, 0.5) is 0 Å². The van der Waals surface area contributed by atoms with Gasteiger partial charge in [0.1, 0.15) is 0 Å². The van der Waals surface area contributed by atoms with Crippen LogP contribution in [-0.2, 0) is 0 Å². The summed E-state index contributed by atoms with van der Waals surface area (Å²) in [4.78, 5) is 0. The van der Waals surface area contributed by atoms with Crippen molar-refractivity contribution >= 4 is 0 Å². The minimum absolute atomic E-state index is 0. The number of allylic oxidation sites excluding steroid dienone is 2. The first-order valence-corrected chi connectivity index (χ1v) is 1.41. The van der Waals surface area contributed by atoms with Gasteiger partial charge in [-0.05, 0) is 0 Å². The molecule has 2 heteroatoms. The Morgan fingerprint density at radius 3 is 1.25 bits per heavy atom. The quantitative estimate of drug-likeness (QED) is 0.433. The van der Waals surface area contributed by atoms with Gasteiger partial charge in [0, 0.05) is 80.8 Å². The maximum atomic E-state index is 6.25. The van der Waals surface area contributed by atoms with Gasteiger partial charge in [-0.15, -0.1) is 0 Å². The second-order valence-electron chi connectivity index (χ2n) is 0.622. The largest absolute Gasteiger partial charge is 0.368 e. The van der Waals surface area contributed by atoms with Crippen LogP contribution in [0.15, 0.2) is 12.2 Å². The zero-order chi connectivity index (χ0) is 4.83. The van der Waals surface area contributed by atoms with Crippen LogP contribution in [0.2, 0.25) is 0 Å². The van der Waals surface area contributed by atoms with Crippen LogP contribution >= 0.6 is 0 Å². The van der Waals surface area contributed by atoms with Gasteiger partial charge in [0.05, 0.1) is 0 Å². The van der Waals surface area contributed by atoms with Gasteiger partial charge in [0.15, 0.2) is 0 Å². The van der Waals surface area contributed by atoms with Gasteiger partial charge >= 0.3 is 0 Å². The fraction of sp³-hybridized carbons (Fsp3) is 0. The van der Waals surface area contributed by atoms with Crippen molar-refractivity contribution < 1.29 is 80.8 Å².